The van der Waals surface area contributed by atoms with Crippen LogP contribution in [0.15, 0.2) is 11.6 Å². The molecule has 4 nitrogen and oxygen atoms in total. The Hall–Kier alpha value is -0.840. The fourth-order valence-corrected chi connectivity index (χ4v) is 1.01. The molecule has 0 bridgehead atoms. The van der Waals surface area contributed by atoms with E-state index < -0.39 is 5.97 Å². The number of hydrogen-bond acceptors (Lipinski definition) is 3. The first-order valence-corrected chi connectivity index (χ1v) is 5.31. The van der Waals surface area contributed by atoms with E-state index in [1.807, 2.05) is 0 Å². The van der Waals surface area contributed by atoms with Crippen molar-refractivity contribution >= 4 is 27.9 Å². The highest BCUT2D eigenvalue weighted by atomic mass is 79.9. The summed E-state index contributed by atoms with van der Waals surface area (Å²) in [7, 11) is 0. The zero-order chi connectivity index (χ0) is 11.0. The predicted molar refractivity (Wildman–Crippen MR) is 55.4 cm³/mol. The molecular formula is C9H13BrO4. The van der Waals surface area contributed by atoms with Crippen LogP contribution in [-0.2, 0) is 14.3 Å². The summed E-state index contributed by atoms with van der Waals surface area (Å²) >= 11 is 3.11. The summed E-state index contributed by atoms with van der Waals surface area (Å²) < 4.78 is 4.81. The van der Waals surface area contributed by atoms with Gasteiger partial charge >= 0.3 is 11.9 Å². The van der Waals surface area contributed by atoms with E-state index in [2.05, 4.69) is 15.9 Å². The monoisotopic (exact) mass is 264 g/mol. The van der Waals surface area contributed by atoms with Crippen LogP contribution in [0.25, 0.3) is 0 Å². The first-order chi connectivity index (χ1) is 6.57. The number of carboxylic acid groups (broad SMARTS) is 1. The summed E-state index contributed by atoms with van der Waals surface area (Å²) in [6.45, 7) is 1.74. The Morgan fingerprint density at radius 1 is 1.50 bits per heavy atom. The van der Waals surface area contributed by atoms with Crippen LogP contribution >= 0.6 is 15.9 Å². The fourth-order valence-electron chi connectivity index (χ4n) is 0.685. The van der Waals surface area contributed by atoms with Crippen molar-refractivity contribution in [2.24, 2.45) is 0 Å². The summed E-state index contributed by atoms with van der Waals surface area (Å²) in [5.41, 5.74) is 0.265. The third-order valence-corrected chi connectivity index (χ3v) is 1.86. The largest absolute Gasteiger partial charge is 0.478 e. The number of aliphatic carboxylic acids is 1. The molecule has 0 aliphatic carbocycles. The summed E-state index contributed by atoms with van der Waals surface area (Å²) in [4.78, 5) is 21.2. The third-order valence-electron chi connectivity index (χ3n) is 1.47. The minimum Gasteiger partial charge on any atom is -0.478 e. The van der Waals surface area contributed by atoms with Gasteiger partial charge in [0.25, 0.3) is 0 Å². The van der Waals surface area contributed by atoms with Crippen LogP contribution in [0.3, 0.4) is 0 Å². The Labute approximate surface area is 91.1 Å². The molecular weight excluding hydrogens is 252 g/mol. The predicted octanol–water partition coefficient (Wildman–Crippen LogP) is 1.74. The van der Waals surface area contributed by atoms with Gasteiger partial charge in [-0.1, -0.05) is 22.0 Å². The van der Waals surface area contributed by atoms with Gasteiger partial charge in [0.2, 0.25) is 0 Å². The topological polar surface area (TPSA) is 63.6 Å². The summed E-state index contributed by atoms with van der Waals surface area (Å²) in [6.07, 6.45) is 2.30. The highest BCUT2D eigenvalue weighted by molar-refractivity contribution is 9.09. The van der Waals surface area contributed by atoms with Crippen molar-refractivity contribution in [3.8, 4) is 0 Å². The van der Waals surface area contributed by atoms with Gasteiger partial charge < -0.3 is 9.84 Å². The number of carboxylic acids is 1. The lowest BCUT2D eigenvalue weighted by atomic mass is 10.2. The number of carbonyl (C=O) groups is 2. The van der Waals surface area contributed by atoms with Crippen molar-refractivity contribution in [2.45, 2.75) is 19.8 Å². The van der Waals surface area contributed by atoms with Crippen molar-refractivity contribution in [1.82, 2.24) is 0 Å². The molecule has 0 spiro atoms. The highest BCUT2D eigenvalue weighted by Gasteiger charge is 2.01. The molecule has 0 aromatic heterocycles. The van der Waals surface area contributed by atoms with E-state index in [4.69, 9.17) is 9.84 Å². The standard InChI is InChI=1S/C9H13BrO4/c1-7(9(12)13)3-2-6-14-8(11)4-5-10/h3H,2,4-6H2,1H3,(H,12,13). The van der Waals surface area contributed by atoms with Crippen molar-refractivity contribution in [3.05, 3.63) is 11.6 Å². The fraction of sp³-hybridized carbons (Fsp3) is 0.556. The number of rotatable bonds is 6. The lowest BCUT2D eigenvalue weighted by molar-refractivity contribution is -0.142. The second-order valence-electron chi connectivity index (χ2n) is 2.64. The molecule has 0 amide bonds. The van der Waals surface area contributed by atoms with Crippen LogP contribution in [0, 0.1) is 0 Å². The summed E-state index contributed by atoms with van der Waals surface area (Å²) in [6, 6.07) is 0. The van der Waals surface area contributed by atoms with Crippen LogP contribution in [0.2, 0.25) is 0 Å². The average Bonchev–Trinajstić information content (AvgIpc) is 2.12. The van der Waals surface area contributed by atoms with Crippen LogP contribution in [0.1, 0.15) is 19.8 Å². The van der Waals surface area contributed by atoms with Gasteiger partial charge in [-0.25, -0.2) is 4.79 Å². The van der Waals surface area contributed by atoms with Crippen molar-refractivity contribution < 1.29 is 19.4 Å². The highest BCUT2D eigenvalue weighted by Crippen LogP contribution is 1.97. The van der Waals surface area contributed by atoms with Crippen molar-refractivity contribution in [3.63, 3.8) is 0 Å². The Balaban J connectivity index is 3.60. The normalized spacial score (nSPS) is 11.1. The Morgan fingerprint density at radius 2 is 2.14 bits per heavy atom. The summed E-state index contributed by atoms with van der Waals surface area (Å²) in [5.74, 6) is -1.22. The average molecular weight is 265 g/mol. The maximum absolute atomic E-state index is 10.8. The zero-order valence-corrected chi connectivity index (χ0v) is 9.54. The Morgan fingerprint density at radius 3 is 2.64 bits per heavy atom. The number of alkyl halides is 1. The van der Waals surface area contributed by atoms with Gasteiger partial charge in [0.1, 0.15) is 0 Å². The molecule has 5 heteroatoms. The maximum Gasteiger partial charge on any atom is 0.330 e. The Bertz CT molecular complexity index is 235. The molecule has 0 unspecified atom stereocenters. The lowest BCUT2D eigenvalue weighted by Gasteiger charge is -2.00. The van der Waals surface area contributed by atoms with E-state index in [0.717, 1.165) is 0 Å². The molecule has 0 fully saturated rings. The van der Waals surface area contributed by atoms with Crippen molar-refractivity contribution in [2.75, 3.05) is 11.9 Å². The number of halogens is 1. The van der Waals surface area contributed by atoms with Gasteiger partial charge in [-0.2, -0.15) is 0 Å². The molecule has 0 aromatic rings. The van der Waals surface area contributed by atoms with Gasteiger partial charge in [-0.15, -0.1) is 0 Å². The van der Waals surface area contributed by atoms with E-state index in [1.54, 1.807) is 0 Å². The molecule has 14 heavy (non-hydrogen) atoms. The molecule has 0 heterocycles. The van der Waals surface area contributed by atoms with E-state index in [9.17, 15) is 9.59 Å². The first-order valence-electron chi connectivity index (χ1n) is 4.19. The lowest BCUT2D eigenvalue weighted by Crippen LogP contribution is -2.06. The molecule has 0 aromatic carbocycles. The number of esters is 1. The third kappa shape index (κ3) is 6.65. The first kappa shape index (κ1) is 13.2. The van der Waals surface area contributed by atoms with Crippen LogP contribution in [-0.4, -0.2) is 29.0 Å². The van der Waals surface area contributed by atoms with Gasteiger partial charge in [0.05, 0.1) is 13.0 Å². The molecule has 0 aliphatic rings. The van der Waals surface area contributed by atoms with E-state index in [1.165, 1.54) is 13.0 Å². The molecule has 0 radical (unpaired) electrons. The SMILES string of the molecule is CC(=CCCOC(=O)CCBr)C(=O)O. The maximum atomic E-state index is 10.8. The van der Waals surface area contributed by atoms with Gasteiger partial charge in [-0.05, 0) is 6.92 Å². The smallest absolute Gasteiger partial charge is 0.330 e. The molecule has 0 saturated carbocycles. The van der Waals surface area contributed by atoms with E-state index >= 15 is 0 Å². The number of carbonyl (C=O) groups excluding carboxylic acids is 1. The van der Waals surface area contributed by atoms with Crippen molar-refractivity contribution in [1.29, 1.82) is 0 Å². The van der Waals surface area contributed by atoms with Crippen LogP contribution < -0.4 is 0 Å². The Kier molecular flexibility index (Phi) is 7.10. The molecule has 0 aliphatic heterocycles. The molecule has 0 atom stereocenters. The van der Waals surface area contributed by atoms with Gasteiger partial charge in [0, 0.05) is 17.3 Å². The second kappa shape index (κ2) is 7.55. The number of ether oxygens (including phenoxy) is 1. The van der Waals surface area contributed by atoms with E-state index in [0.29, 0.717) is 18.2 Å². The van der Waals surface area contributed by atoms with Gasteiger partial charge in [0.15, 0.2) is 0 Å². The molecule has 1 N–H and O–H groups in total. The molecule has 0 rings (SSSR count). The van der Waals surface area contributed by atoms with Crippen LogP contribution in [0.4, 0.5) is 0 Å². The zero-order valence-electron chi connectivity index (χ0n) is 7.96. The second-order valence-corrected chi connectivity index (χ2v) is 3.43. The molecule has 0 saturated heterocycles. The minimum atomic E-state index is -0.947. The molecule has 80 valence electrons. The van der Waals surface area contributed by atoms with E-state index in [-0.39, 0.29) is 18.1 Å². The minimum absolute atomic E-state index is 0.233. The van der Waals surface area contributed by atoms with Gasteiger partial charge in [-0.3, -0.25) is 4.79 Å². The quantitative estimate of drug-likeness (QED) is 0.344. The van der Waals surface area contributed by atoms with Crippen LogP contribution in [0.5, 0.6) is 0 Å². The summed E-state index contributed by atoms with van der Waals surface area (Å²) in [5, 5.41) is 9.07. The number of hydrogen-bond donors (Lipinski definition) is 1.